The van der Waals surface area contributed by atoms with Gasteiger partial charge in [-0.1, -0.05) is 61.5 Å². The Morgan fingerprint density at radius 1 is 1.18 bits per heavy atom. The van der Waals surface area contributed by atoms with Gasteiger partial charge < -0.3 is 4.74 Å². The summed E-state index contributed by atoms with van der Waals surface area (Å²) in [5.41, 5.74) is 4.14. The van der Waals surface area contributed by atoms with E-state index in [0.29, 0.717) is 13.0 Å². The lowest BCUT2D eigenvalue weighted by molar-refractivity contribution is -0.142. The van der Waals surface area contributed by atoms with Crippen LogP contribution >= 0.6 is 0 Å². The predicted octanol–water partition coefficient (Wildman–Crippen LogP) is 5.14. The van der Waals surface area contributed by atoms with Crippen LogP contribution in [0.2, 0.25) is 0 Å². The molecule has 2 aromatic rings. The number of imide groups is 1. The summed E-state index contributed by atoms with van der Waals surface area (Å²) in [6, 6.07) is 16.4. The number of piperidine rings is 1. The van der Waals surface area contributed by atoms with Crippen LogP contribution in [-0.2, 0) is 9.53 Å². The van der Waals surface area contributed by atoms with Gasteiger partial charge in [-0.25, -0.2) is 9.69 Å². The number of ether oxygens (including phenoxy) is 1. The van der Waals surface area contributed by atoms with Gasteiger partial charge >= 0.3 is 6.09 Å². The fourth-order valence-electron chi connectivity index (χ4n) is 4.52. The Morgan fingerprint density at radius 2 is 1.79 bits per heavy atom. The van der Waals surface area contributed by atoms with Gasteiger partial charge in [0.05, 0.1) is 5.41 Å². The van der Waals surface area contributed by atoms with E-state index in [0.717, 1.165) is 24.0 Å². The molecule has 1 atom stereocenters. The summed E-state index contributed by atoms with van der Waals surface area (Å²) in [4.78, 5) is 26.9. The number of fused-ring (bicyclic) bond motifs is 3. The molecular weight excluding hydrogens is 350 g/mol. The number of hydrogen-bond acceptors (Lipinski definition) is 3. The van der Waals surface area contributed by atoms with Crippen molar-refractivity contribution in [3.05, 3.63) is 72.3 Å². The fourth-order valence-corrected chi connectivity index (χ4v) is 4.52. The first-order chi connectivity index (χ1) is 13.5. The first-order valence-corrected chi connectivity index (χ1v) is 9.83. The molecular formula is C24H25NO3. The molecule has 1 unspecified atom stereocenters. The Kier molecular flexibility index (Phi) is 4.80. The first-order valence-electron chi connectivity index (χ1n) is 9.83. The lowest BCUT2D eigenvalue weighted by Crippen LogP contribution is -2.50. The minimum atomic E-state index is -0.564. The largest absolute Gasteiger partial charge is 0.448 e. The Labute approximate surface area is 165 Å². The molecule has 0 radical (unpaired) electrons. The van der Waals surface area contributed by atoms with Crippen LogP contribution in [0.25, 0.3) is 11.1 Å². The second-order valence-electron chi connectivity index (χ2n) is 7.92. The number of likely N-dealkylation sites (tertiary alicyclic amines) is 1. The maximum Gasteiger partial charge on any atom is 0.416 e. The number of carbonyl (C=O) groups excluding carboxylic acids is 2. The van der Waals surface area contributed by atoms with Crippen LogP contribution in [-0.4, -0.2) is 30.1 Å². The van der Waals surface area contributed by atoms with Crippen LogP contribution in [0.5, 0.6) is 0 Å². The molecule has 1 heterocycles. The van der Waals surface area contributed by atoms with Gasteiger partial charge in [0.15, 0.2) is 0 Å². The van der Waals surface area contributed by atoms with Crippen molar-refractivity contribution in [2.45, 2.75) is 32.1 Å². The molecule has 1 aliphatic heterocycles. The van der Waals surface area contributed by atoms with E-state index in [9.17, 15) is 9.59 Å². The van der Waals surface area contributed by atoms with Crippen LogP contribution in [0.15, 0.2) is 61.2 Å². The van der Waals surface area contributed by atoms with Crippen molar-refractivity contribution in [2.75, 3.05) is 13.2 Å². The van der Waals surface area contributed by atoms with Crippen molar-refractivity contribution in [1.82, 2.24) is 4.90 Å². The Morgan fingerprint density at radius 3 is 2.39 bits per heavy atom. The second kappa shape index (κ2) is 7.27. The van der Waals surface area contributed by atoms with E-state index >= 15 is 0 Å². The molecule has 1 saturated heterocycles. The molecule has 144 valence electrons. The predicted molar refractivity (Wildman–Crippen MR) is 109 cm³/mol. The van der Waals surface area contributed by atoms with Gasteiger partial charge in [-0.3, -0.25) is 4.79 Å². The van der Waals surface area contributed by atoms with Gasteiger partial charge in [0, 0.05) is 12.5 Å². The van der Waals surface area contributed by atoms with E-state index < -0.39 is 11.5 Å². The molecule has 0 aromatic heterocycles. The van der Waals surface area contributed by atoms with Crippen LogP contribution < -0.4 is 0 Å². The van der Waals surface area contributed by atoms with Crippen molar-refractivity contribution < 1.29 is 14.3 Å². The third-order valence-corrected chi connectivity index (χ3v) is 6.02. The summed E-state index contributed by atoms with van der Waals surface area (Å²) >= 11 is 0. The number of rotatable bonds is 4. The Bertz CT molecular complexity index is 889. The van der Waals surface area contributed by atoms with Crippen molar-refractivity contribution in [3.63, 3.8) is 0 Å². The molecule has 2 amide bonds. The number of carbonyl (C=O) groups is 2. The van der Waals surface area contributed by atoms with Gasteiger partial charge in [-0.2, -0.15) is 0 Å². The molecule has 4 rings (SSSR count). The fraction of sp³-hybridized carbons (Fsp3) is 0.333. The standard InChI is InChI=1S/C24H25NO3/c1-3-13-24(2)14-8-15-25(22(24)26)23(27)28-16-21-19-11-6-4-9-17(19)18-10-5-7-12-20(18)21/h3-7,9-12,21H,1,8,13-16H2,2H3. The highest BCUT2D eigenvalue weighted by atomic mass is 16.6. The summed E-state index contributed by atoms with van der Waals surface area (Å²) < 4.78 is 5.66. The van der Waals surface area contributed by atoms with Crippen molar-refractivity contribution in [1.29, 1.82) is 0 Å². The summed E-state index contributed by atoms with van der Waals surface area (Å²) in [7, 11) is 0. The van der Waals surface area contributed by atoms with Crippen LogP contribution in [0.1, 0.15) is 43.2 Å². The van der Waals surface area contributed by atoms with Gasteiger partial charge in [0.25, 0.3) is 0 Å². The average molecular weight is 375 g/mol. The van der Waals surface area contributed by atoms with Crippen molar-refractivity contribution >= 4 is 12.0 Å². The average Bonchev–Trinajstić information content (AvgIpc) is 3.02. The third-order valence-electron chi connectivity index (χ3n) is 6.02. The van der Waals surface area contributed by atoms with E-state index in [-0.39, 0.29) is 18.4 Å². The van der Waals surface area contributed by atoms with Gasteiger partial charge in [-0.15, -0.1) is 6.58 Å². The highest BCUT2D eigenvalue weighted by molar-refractivity contribution is 5.96. The second-order valence-corrected chi connectivity index (χ2v) is 7.92. The molecule has 28 heavy (non-hydrogen) atoms. The van der Waals surface area contributed by atoms with E-state index in [4.69, 9.17) is 4.74 Å². The van der Waals surface area contributed by atoms with Gasteiger partial charge in [0.1, 0.15) is 6.61 Å². The Balaban J connectivity index is 1.51. The topological polar surface area (TPSA) is 46.6 Å². The highest BCUT2D eigenvalue weighted by Gasteiger charge is 2.42. The normalized spacial score (nSPS) is 21.2. The summed E-state index contributed by atoms with van der Waals surface area (Å²) in [5.74, 6) is -0.160. The number of allylic oxidation sites excluding steroid dienone is 1. The molecule has 1 fully saturated rings. The summed E-state index contributed by atoms with van der Waals surface area (Å²) in [6.07, 6.45) is 3.34. The molecule has 2 aliphatic rings. The van der Waals surface area contributed by atoms with Gasteiger partial charge in [0.2, 0.25) is 5.91 Å². The quantitative estimate of drug-likeness (QED) is 0.695. The van der Waals surface area contributed by atoms with Crippen LogP contribution in [0.4, 0.5) is 4.79 Å². The Hall–Kier alpha value is -2.88. The minimum Gasteiger partial charge on any atom is -0.448 e. The molecule has 0 bridgehead atoms. The maximum absolute atomic E-state index is 12.8. The molecule has 0 N–H and O–H groups in total. The number of hydrogen-bond donors (Lipinski definition) is 0. The van der Waals surface area contributed by atoms with Gasteiger partial charge in [-0.05, 0) is 41.5 Å². The summed E-state index contributed by atoms with van der Waals surface area (Å²) in [5, 5.41) is 0. The molecule has 0 saturated carbocycles. The van der Waals surface area contributed by atoms with E-state index in [1.807, 2.05) is 31.2 Å². The zero-order valence-electron chi connectivity index (χ0n) is 16.2. The first kappa shape index (κ1) is 18.5. The maximum atomic E-state index is 12.8. The monoisotopic (exact) mass is 375 g/mol. The summed E-state index contributed by atoms with van der Waals surface area (Å²) in [6.45, 7) is 6.30. The minimum absolute atomic E-state index is 0.00389. The number of amides is 2. The van der Waals surface area contributed by atoms with Crippen molar-refractivity contribution in [2.24, 2.45) is 5.41 Å². The number of benzene rings is 2. The number of nitrogens with zero attached hydrogens (tertiary/aromatic N) is 1. The van der Waals surface area contributed by atoms with Crippen molar-refractivity contribution in [3.8, 4) is 11.1 Å². The third kappa shape index (κ3) is 3.03. The molecule has 0 spiro atoms. The zero-order chi connectivity index (χ0) is 19.7. The zero-order valence-corrected chi connectivity index (χ0v) is 16.2. The molecule has 2 aromatic carbocycles. The van der Waals surface area contributed by atoms with E-state index in [1.165, 1.54) is 16.0 Å². The van der Waals surface area contributed by atoms with Crippen LogP contribution in [0.3, 0.4) is 0 Å². The van der Waals surface area contributed by atoms with Crippen LogP contribution in [0, 0.1) is 5.41 Å². The lowest BCUT2D eigenvalue weighted by Gasteiger charge is -2.37. The van der Waals surface area contributed by atoms with E-state index in [2.05, 4.69) is 30.8 Å². The molecule has 4 heteroatoms. The van der Waals surface area contributed by atoms with E-state index in [1.54, 1.807) is 6.08 Å². The SMILES string of the molecule is C=CCC1(C)CCCN(C(=O)OCC2c3ccccc3-c3ccccc32)C1=O. The molecule has 1 aliphatic carbocycles. The highest BCUT2D eigenvalue weighted by Crippen LogP contribution is 2.44. The molecule has 4 nitrogen and oxygen atoms in total. The lowest BCUT2D eigenvalue weighted by atomic mass is 9.78. The smallest absolute Gasteiger partial charge is 0.416 e.